The van der Waals surface area contributed by atoms with E-state index in [1.807, 2.05) is 30.3 Å². The fourth-order valence-electron chi connectivity index (χ4n) is 4.16. The molecule has 2 aromatic rings. The van der Waals surface area contributed by atoms with Crippen LogP contribution in [0, 0.1) is 0 Å². The van der Waals surface area contributed by atoms with Crippen molar-refractivity contribution in [2.45, 2.75) is 12.0 Å². The van der Waals surface area contributed by atoms with Gasteiger partial charge in [0.15, 0.2) is 0 Å². The summed E-state index contributed by atoms with van der Waals surface area (Å²) in [6.45, 7) is 1.15. The Bertz CT molecular complexity index is 992. The lowest BCUT2D eigenvalue weighted by atomic mass is 9.88. The number of ether oxygens (including phenoxy) is 2. The second kappa shape index (κ2) is 7.70. The van der Waals surface area contributed by atoms with E-state index in [9.17, 15) is 19.5 Å². The van der Waals surface area contributed by atoms with Crippen LogP contribution < -0.4 is 0 Å². The molecule has 2 heterocycles. The Morgan fingerprint density at radius 1 is 1.13 bits per heavy atom. The first kappa shape index (κ1) is 19.8. The van der Waals surface area contributed by atoms with Gasteiger partial charge in [0.2, 0.25) is 0 Å². The van der Waals surface area contributed by atoms with Crippen LogP contribution in [0.15, 0.2) is 48.5 Å². The standard InChI is InChI=1S/C22H22N2O6/c1-29-20(27)17-9-16(10-18(25)11-17)19(26)23-7-8-24-21(28)30-14-22(24,13-23)12-15-5-3-2-4-6-15/h2-6,9-11,25H,7-8,12-14H2,1H3. The van der Waals surface area contributed by atoms with Crippen molar-refractivity contribution in [3.05, 3.63) is 65.2 Å². The van der Waals surface area contributed by atoms with E-state index in [1.165, 1.54) is 25.3 Å². The summed E-state index contributed by atoms with van der Waals surface area (Å²) < 4.78 is 10.0. The molecule has 0 spiro atoms. The van der Waals surface area contributed by atoms with Gasteiger partial charge in [-0.05, 0) is 23.8 Å². The van der Waals surface area contributed by atoms with Crippen molar-refractivity contribution in [1.29, 1.82) is 0 Å². The van der Waals surface area contributed by atoms with Gasteiger partial charge in [0, 0.05) is 31.6 Å². The third kappa shape index (κ3) is 3.56. The van der Waals surface area contributed by atoms with Crippen LogP contribution >= 0.6 is 0 Å². The summed E-state index contributed by atoms with van der Waals surface area (Å²) in [6.07, 6.45) is 0.181. The van der Waals surface area contributed by atoms with Gasteiger partial charge in [-0.25, -0.2) is 9.59 Å². The van der Waals surface area contributed by atoms with E-state index in [2.05, 4.69) is 4.74 Å². The number of methoxy groups -OCH3 is 1. The summed E-state index contributed by atoms with van der Waals surface area (Å²) in [4.78, 5) is 40.6. The zero-order valence-electron chi connectivity index (χ0n) is 16.5. The third-order valence-corrected chi connectivity index (χ3v) is 5.59. The highest BCUT2D eigenvalue weighted by atomic mass is 16.6. The Labute approximate surface area is 173 Å². The predicted molar refractivity (Wildman–Crippen MR) is 106 cm³/mol. The topological polar surface area (TPSA) is 96.4 Å². The van der Waals surface area contributed by atoms with Gasteiger partial charge in [0.1, 0.15) is 17.9 Å². The lowest BCUT2D eigenvalue weighted by Crippen LogP contribution is -2.63. The molecule has 0 aromatic heterocycles. The highest BCUT2D eigenvalue weighted by Crippen LogP contribution is 2.33. The van der Waals surface area contributed by atoms with Crippen LogP contribution in [0.25, 0.3) is 0 Å². The number of carbonyl (C=O) groups excluding carboxylic acids is 3. The molecule has 1 N–H and O–H groups in total. The maximum absolute atomic E-state index is 13.2. The molecule has 8 heteroatoms. The number of cyclic esters (lactones) is 1. The minimum atomic E-state index is -0.658. The summed E-state index contributed by atoms with van der Waals surface area (Å²) in [6, 6.07) is 13.7. The van der Waals surface area contributed by atoms with E-state index >= 15 is 0 Å². The molecule has 2 amide bonds. The van der Waals surface area contributed by atoms with Gasteiger partial charge < -0.3 is 19.5 Å². The fourth-order valence-corrected chi connectivity index (χ4v) is 4.16. The van der Waals surface area contributed by atoms with Crippen LogP contribution in [-0.2, 0) is 15.9 Å². The number of amides is 2. The number of aromatic hydroxyl groups is 1. The van der Waals surface area contributed by atoms with Crippen LogP contribution in [-0.4, -0.2) is 71.8 Å². The molecule has 2 aliphatic heterocycles. The monoisotopic (exact) mass is 410 g/mol. The summed E-state index contributed by atoms with van der Waals surface area (Å²) in [7, 11) is 1.23. The molecule has 30 heavy (non-hydrogen) atoms. The van der Waals surface area contributed by atoms with Crippen molar-refractivity contribution < 1.29 is 29.0 Å². The zero-order chi connectivity index (χ0) is 21.3. The highest BCUT2D eigenvalue weighted by Gasteiger charge is 2.51. The highest BCUT2D eigenvalue weighted by molar-refractivity contribution is 5.98. The van der Waals surface area contributed by atoms with Crippen LogP contribution in [0.2, 0.25) is 0 Å². The smallest absolute Gasteiger partial charge is 0.410 e. The molecule has 0 aliphatic carbocycles. The van der Waals surface area contributed by atoms with Crippen LogP contribution in [0.5, 0.6) is 5.75 Å². The van der Waals surface area contributed by atoms with Crippen molar-refractivity contribution in [1.82, 2.24) is 9.80 Å². The second-order valence-electron chi connectivity index (χ2n) is 7.58. The largest absolute Gasteiger partial charge is 0.508 e. The number of carbonyl (C=O) groups is 3. The average molecular weight is 410 g/mol. The quantitative estimate of drug-likeness (QED) is 0.776. The Morgan fingerprint density at radius 2 is 1.87 bits per heavy atom. The number of piperazine rings is 1. The average Bonchev–Trinajstić information content (AvgIpc) is 3.08. The summed E-state index contributed by atoms with van der Waals surface area (Å²) in [5, 5.41) is 9.96. The number of benzene rings is 2. The van der Waals surface area contributed by atoms with Crippen LogP contribution in [0.1, 0.15) is 26.3 Å². The number of rotatable bonds is 4. The van der Waals surface area contributed by atoms with Gasteiger partial charge in [-0.2, -0.15) is 0 Å². The first-order valence-electron chi connectivity index (χ1n) is 9.62. The number of nitrogens with zero attached hydrogens (tertiary/aromatic N) is 2. The van der Waals surface area contributed by atoms with Crippen molar-refractivity contribution in [2.75, 3.05) is 33.4 Å². The number of phenolic OH excluding ortho intramolecular Hbond substituents is 1. The SMILES string of the molecule is COC(=O)c1cc(O)cc(C(=O)N2CCN3C(=O)OCC3(Cc3ccccc3)C2)c1. The maximum atomic E-state index is 13.2. The summed E-state index contributed by atoms with van der Waals surface area (Å²) in [5.41, 5.74) is 0.663. The molecule has 2 fully saturated rings. The summed E-state index contributed by atoms with van der Waals surface area (Å²) >= 11 is 0. The molecule has 1 atom stereocenters. The molecule has 4 rings (SSSR count). The molecule has 2 saturated heterocycles. The van der Waals surface area contributed by atoms with E-state index in [-0.39, 0.29) is 42.0 Å². The molecule has 2 aromatic carbocycles. The maximum Gasteiger partial charge on any atom is 0.410 e. The van der Waals surface area contributed by atoms with E-state index in [0.29, 0.717) is 19.5 Å². The van der Waals surface area contributed by atoms with Crippen LogP contribution in [0.3, 0.4) is 0 Å². The second-order valence-corrected chi connectivity index (χ2v) is 7.58. The molecule has 0 bridgehead atoms. The number of esters is 1. The van der Waals surface area contributed by atoms with Gasteiger partial charge in [-0.15, -0.1) is 0 Å². The van der Waals surface area contributed by atoms with Gasteiger partial charge in [0.25, 0.3) is 5.91 Å². The van der Waals surface area contributed by atoms with Gasteiger partial charge in [-0.3, -0.25) is 9.69 Å². The fraction of sp³-hybridized carbons (Fsp3) is 0.318. The van der Waals surface area contributed by atoms with E-state index in [0.717, 1.165) is 5.56 Å². The Balaban J connectivity index is 1.62. The van der Waals surface area contributed by atoms with E-state index in [4.69, 9.17) is 4.74 Å². The number of hydrogen-bond donors (Lipinski definition) is 1. The molecule has 156 valence electrons. The molecular weight excluding hydrogens is 388 g/mol. The predicted octanol–water partition coefficient (Wildman–Crippen LogP) is 2.07. The Kier molecular flexibility index (Phi) is 5.07. The van der Waals surface area contributed by atoms with E-state index < -0.39 is 11.5 Å². The number of hydrogen-bond acceptors (Lipinski definition) is 6. The zero-order valence-corrected chi connectivity index (χ0v) is 16.5. The first-order valence-corrected chi connectivity index (χ1v) is 9.62. The Hall–Kier alpha value is -3.55. The Morgan fingerprint density at radius 3 is 2.60 bits per heavy atom. The van der Waals surface area contributed by atoms with Crippen LogP contribution in [0.4, 0.5) is 4.79 Å². The van der Waals surface area contributed by atoms with Gasteiger partial charge in [0.05, 0.1) is 12.7 Å². The molecular formula is C22H22N2O6. The van der Waals surface area contributed by atoms with Crippen molar-refractivity contribution in [3.63, 3.8) is 0 Å². The lowest BCUT2D eigenvalue weighted by molar-refractivity contribution is 0.0375. The molecule has 1 unspecified atom stereocenters. The molecule has 0 saturated carbocycles. The lowest BCUT2D eigenvalue weighted by Gasteiger charge is -2.44. The minimum Gasteiger partial charge on any atom is -0.508 e. The number of fused-ring (bicyclic) bond motifs is 1. The summed E-state index contributed by atoms with van der Waals surface area (Å²) in [5.74, 6) is -1.17. The van der Waals surface area contributed by atoms with Gasteiger partial charge >= 0.3 is 12.1 Å². The van der Waals surface area contributed by atoms with Crippen molar-refractivity contribution in [2.24, 2.45) is 0 Å². The van der Waals surface area contributed by atoms with Crippen molar-refractivity contribution in [3.8, 4) is 5.75 Å². The minimum absolute atomic E-state index is 0.0952. The molecule has 0 radical (unpaired) electrons. The third-order valence-electron chi connectivity index (χ3n) is 5.59. The van der Waals surface area contributed by atoms with E-state index in [1.54, 1.807) is 9.80 Å². The first-order chi connectivity index (χ1) is 14.4. The van der Waals surface area contributed by atoms with Gasteiger partial charge in [-0.1, -0.05) is 30.3 Å². The number of phenols is 1. The molecule has 8 nitrogen and oxygen atoms in total. The molecule has 2 aliphatic rings. The normalized spacial score (nSPS) is 20.5. The van der Waals surface area contributed by atoms with Crippen molar-refractivity contribution >= 4 is 18.0 Å².